The number of piperidine rings is 1. The average Bonchev–Trinajstić information content (AvgIpc) is 2.80. The van der Waals surface area contributed by atoms with Crippen molar-refractivity contribution in [1.29, 1.82) is 0 Å². The number of hydrogen-bond acceptors (Lipinski definition) is 3. The van der Waals surface area contributed by atoms with E-state index in [-0.39, 0.29) is 0 Å². The molecule has 4 heteroatoms. The molecule has 2 heterocycles. The zero-order valence-corrected chi connectivity index (χ0v) is 12.2. The second-order valence-electron chi connectivity index (χ2n) is 5.66. The highest BCUT2D eigenvalue weighted by molar-refractivity contribution is 5.43. The molecular weight excluding hydrogens is 248 g/mol. The van der Waals surface area contributed by atoms with Crippen LogP contribution in [0.5, 0.6) is 0 Å². The van der Waals surface area contributed by atoms with Crippen LogP contribution >= 0.6 is 0 Å². The molecule has 2 aromatic rings. The van der Waals surface area contributed by atoms with Crippen molar-refractivity contribution in [1.82, 2.24) is 14.5 Å². The number of likely N-dealkylation sites (tertiary alicyclic amines) is 1. The lowest BCUT2D eigenvalue weighted by molar-refractivity contribution is 0.260. The smallest absolute Gasteiger partial charge is 0.208 e. The number of para-hydroxylation sites is 1. The van der Waals surface area contributed by atoms with Gasteiger partial charge in [0.25, 0.3) is 0 Å². The Kier molecular flexibility index (Phi) is 3.74. The first kappa shape index (κ1) is 13.2. The van der Waals surface area contributed by atoms with Gasteiger partial charge in [0.2, 0.25) is 5.95 Å². The zero-order valence-electron chi connectivity index (χ0n) is 12.2. The molecule has 4 nitrogen and oxygen atoms in total. The van der Waals surface area contributed by atoms with Crippen LogP contribution in [0.1, 0.15) is 18.5 Å². The molecule has 3 rings (SSSR count). The Bertz CT molecular complexity index is 561. The zero-order chi connectivity index (χ0) is 13.9. The minimum absolute atomic E-state index is 0.484. The largest absolute Gasteiger partial charge is 0.351 e. The van der Waals surface area contributed by atoms with Gasteiger partial charge >= 0.3 is 0 Å². The number of likely N-dealkylation sites (N-methyl/N-ethyl adjacent to an activating group) is 1. The first-order valence-corrected chi connectivity index (χ1v) is 7.29. The van der Waals surface area contributed by atoms with Crippen molar-refractivity contribution in [3.63, 3.8) is 0 Å². The van der Waals surface area contributed by atoms with E-state index in [2.05, 4.69) is 57.3 Å². The quantitative estimate of drug-likeness (QED) is 0.931. The topological polar surface area (TPSA) is 33.1 Å². The van der Waals surface area contributed by atoms with Crippen LogP contribution in [-0.4, -0.2) is 40.6 Å². The van der Waals surface area contributed by atoms with Gasteiger partial charge in [-0.25, -0.2) is 4.98 Å². The van der Waals surface area contributed by atoms with Gasteiger partial charge < -0.3 is 10.2 Å². The van der Waals surface area contributed by atoms with Gasteiger partial charge in [-0.3, -0.25) is 4.57 Å². The SMILES string of the molecule is Cc1cn(-c2ccccc2)c(NC2CCCN(C)C2)n1. The number of hydrogen-bond donors (Lipinski definition) is 1. The summed E-state index contributed by atoms with van der Waals surface area (Å²) >= 11 is 0. The number of rotatable bonds is 3. The van der Waals surface area contributed by atoms with Gasteiger partial charge in [0.05, 0.1) is 5.69 Å². The highest BCUT2D eigenvalue weighted by Gasteiger charge is 2.19. The molecular formula is C16H22N4. The number of aryl methyl sites for hydroxylation is 1. The minimum Gasteiger partial charge on any atom is -0.351 e. The van der Waals surface area contributed by atoms with Crippen LogP contribution in [0.4, 0.5) is 5.95 Å². The van der Waals surface area contributed by atoms with Gasteiger partial charge in [0.15, 0.2) is 0 Å². The van der Waals surface area contributed by atoms with E-state index < -0.39 is 0 Å². The number of aromatic nitrogens is 2. The van der Waals surface area contributed by atoms with Crippen molar-refractivity contribution in [3.8, 4) is 5.69 Å². The van der Waals surface area contributed by atoms with Gasteiger partial charge in [0.1, 0.15) is 0 Å². The summed E-state index contributed by atoms with van der Waals surface area (Å²) in [7, 11) is 2.18. The fourth-order valence-corrected chi connectivity index (χ4v) is 2.85. The van der Waals surface area contributed by atoms with Crippen molar-refractivity contribution >= 4 is 5.95 Å². The summed E-state index contributed by atoms with van der Waals surface area (Å²) in [6.07, 6.45) is 4.55. The molecule has 0 radical (unpaired) electrons. The van der Waals surface area contributed by atoms with E-state index in [0.29, 0.717) is 6.04 Å². The minimum atomic E-state index is 0.484. The van der Waals surface area contributed by atoms with E-state index in [0.717, 1.165) is 23.9 Å². The Hall–Kier alpha value is -1.81. The Morgan fingerprint density at radius 1 is 1.25 bits per heavy atom. The number of imidazole rings is 1. The maximum Gasteiger partial charge on any atom is 0.208 e. The maximum atomic E-state index is 4.64. The van der Waals surface area contributed by atoms with Crippen LogP contribution < -0.4 is 5.32 Å². The Balaban J connectivity index is 1.83. The first-order valence-electron chi connectivity index (χ1n) is 7.29. The summed E-state index contributed by atoms with van der Waals surface area (Å²) in [5.74, 6) is 0.953. The predicted octanol–water partition coefficient (Wildman–Crippen LogP) is 2.69. The van der Waals surface area contributed by atoms with E-state index in [9.17, 15) is 0 Å². The molecule has 106 valence electrons. The van der Waals surface area contributed by atoms with Gasteiger partial charge in [-0.05, 0) is 45.5 Å². The summed E-state index contributed by atoms with van der Waals surface area (Å²) in [4.78, 5) is 7.02. The predicted molar refractivity (Wildman–Crippen MR) is 82.4 cm³/mol. The van der Waals surface area contributed by atoms with E-state index >= 15 is 0 Å². The lowest BCUT2D eigenvalue weighted by Crippen LogP contribution is -2.40. The van der Waals surface area contributed by atoms with Crippen LogP contribution in [0.15, 0.2) is 36.5 Å². The third-order valence-corrected chi connectivity index (χ3v) is 3.82. The highest BCUT2D eigenvalue weighted by atomic mass is 15.2. The summed E-state index contributed by atoms with van der Waals surface area (Å²) in [6.45, 7) is 4.32. The maximum absolute atomic E-state index is 4.64. The summed E-state index contributed by atoms with van der Waals surface area (Å²) < 4.78 is 2.14. The molecule has 1 saturated heterocycles. The lowest BCUT2D eigenvalue weighted by Gasteiger charge is -2.30. The van der Waals surface area contributed by atoms with E-state index in [1.807, 2.05) is 13.0 Å². The van der Waals surface area contributed by atoms with Crippen LogP contribution in [0.25, 0.3) is 5.69 Å². The second-order valence-corrected chi connectivity index (χ2v) is 5.66. The molecule has 1 aromatic heterocycles. The van der Waals surface area contributed by atoms with Crippen LogP contribution in [0.3, 0.4) is 0 Å². The Labute approximate surface area is 120 Å². The lowest BCUT2D eigenvalue weighted by atomic mass is 10.1. The van der Waals surface area contributed by atoms with Crippen LogP contribution in [-0.2, 0) is 0 Å². The fourth-order valence-electron chi connectivity index (χ4n) is 2.85. The molecule has 1 unspecified atom stereocenters. The summed E-state index contributed by atoms with van der Waals surface area (Å²) in [6, 6.07) is 10.9. The first-order chi connectivity index (χ1) is 9.72. The number of nitrogens with one attached hydrogen (secondary N) is 1. The molecule has 0 saturated carbocycles. The average molecular weight is 270 g/mol. The summed E-state index contributed by atoms with van der Waals surface area (Å²) in [5, 5.41) is 3.61. The van der Waals surface area contributed by atoms with E-state index in [1.165, 1.54) is 19.4 Å². The van der Waals surface area contributed by atoms with Crippen molar-refractivity contribution in [2.75, 3.05) is 25.5 Å². The van der Waals surface area contributed by atoms with E-state index in [1.54, 1.807) is 0 Å². The third-order valence-electron chi connectivity index (χ3n) is 3.82. The highest BCUT2D eigenvalue weighted by Crippen LogP contribution is 2.19. The standard InChI is InChI=1S/C16H22N4/c1-13-11-20(15-8-4-3-5-9-15)16(17-13)18-14-7-6-10-19(2)12-14/h3-5,8-9,11,14H,6-7,10,12H2,1-2H3,(H,17,18). The van der Waals surface area contributed by atoms with Crippen LogP contribution in [0, 0.1) is 6.92 Å². The fraction of sp³-hybridized carbons (Fsp3) is 0.438. The van der Waals surface area contributed by atoms with Crippen molar-refractivity contribution in [2.45, 2.75) is 25.8 Å². The molecule has 1 N–H and O–H groups in total. The molecule has 0 aliphatic carbocycles. The van der Waals surface area contributed by atoms with Gasteiger partial charge in [-0.2, -0.15) is 0 Å². The Morgan fingerprint density at radius 3 is 2.80 bits per heavy atom. The number of anilines is 1. The molecule has 1 aliphatic heterocycles. The number of benzene rings is 1. The van der Waals surface area contributed by atoms with Crippen molar-refractivity contribution in [3.05, 3.63) is 42.2 Å². The second kappa shape index (κ2) is 5.67. The molecule has 0 spiro atoms. The van der Waals surface area contributed by atoms with Crippen molar-refractivity contribution < 1.29 is 0 Å². The molecule has 1 atom stereocenters. The normalized spacial score (nSPS) is 20.0. The van der Waals surface area contributed by atoms with Crippen molar-refractivity contribution in [2.24, 2.45) is 0 Å². The summed E-state index contributed by atoms with van der Waals surface area (Å²) in [5.41, 5.74) is 2.19. The molecule has 0 bridgehead atoms. The molecule has 1 aromatic carbocycles. The van der Waals surface area contributed by atoms with Crippen LogP contribution in [0.2, 0.25) is 0 Å². The van der Waals surface area contributed by atoms with Gasteiger partial charge in [0, 0.05) is 24.5 Å². The number of nitrogens with zero attached hydrogens (tertiary/aromatic N) is 3. The van der Waals surface area contributed by atoms with E-state index in [4.69, 9.17) is 0 Å². The van der Waals surface area contributed by atoms with Gasteiger partial charge in [-0.15, -0.1) is 0 Å². The third kappa shape index (κ3) is 2.85. The monoisotopic (exact) mass is 270 g/mol. The molecule has 0 amide bonds. The molecule has 20 heavy (non-hydrogen) atoms. The molecule has 1 fully saturated rings. The van der Waals surface area contributed by atoms with Gasteiger partial charge in [-0.1, -0.05) is 18.2 Å². The Morgan fingerprint density at radius 2 is 2.05 bits per heavy atom. The molecule has 1 aliphatic rings.